The van der Waals surface area contributed by atoms with Gasteiger partial charge in [0.1, 0.15) is 0 Å². The highest BCUT2D eigenvalue weighted by molar-refractivity contribution is 5.92. The third-order valence-corrected chi connectivity index (χ3v) is 2.95. The van der Waals surface area contributed by atoms with Crippen LogP contribution in [0.4, 0.5) is 5.69 Å². The Bertz CT molecular complexity index is 386. The first kappa shape index (κ1) is 13.7. The van der Waals surface area contributed by atoms with Crippen LogP contribution in [-0.2, 0) is 11.2 Å². The molecule has 1 aromatic carbocycles. The summed E-state index contributed by atoms with van der Waals surface area (Å²) in [6, 6.07) is 7.92. The molecule has 17 heavy (non-hydrogen) atoms. The molecule has 0 saturated heterocycles. The summed E-state index contributed by atoms with van der Waals surface area (Å²) in [6.45, 7) is 6.11. The van der Waals surface area contributed by atoms with Gasteiger partial charge in [0, 0.05) is 17.6 Å². The predicted octanol–water partition coefficient (Wildman–Crippen LogP) is 2.58. The van der Waals surface area contributed by atoms with Gasteiger partial charge in [-0.05, 0) is 38.9 Å². The third-order valence-electron chi connectivity index (χ3n) is 2.95. The van der Waals surface area contributed by atoms with Gasteiger partial charge in [-0.15, -0.1) is 0 Å². The molecule has 2 N–H and O–H groups in total. The van der Waals surface area contributed by atoms with Crippen LogP contribution in [0.1, 0.15) is 32.8 Å². The molecule has 0 radical (unpaired) electrons. The van der Waals surface area contributed by atoms with Crippen molar-refractivity contribution in [1.29, 1.82) is 0 Å². The average molecular weight is 234 g/mol. The summed E-state index contributed by atoms with van der Waals surface area (Å²) < 4.78 is 0. The molecule has 0 aliphatic rings. The second kappa shape index (κ2) is 5.82. The lowest BCUT2D eigenvalue weighted by atomic mass is 10.0. The quantitative estimate of drug-likeness (QED) is 0.822. The molecular formula is C14H22N2O. The van der Waals surface area contributed by atoms with Crippen LogP contribution < -0.4 is 10.6 Å². The highest BCUT2D eigenvalue weighted by Crippen LogP contribution is 2.17. The molecule has 1 rings (SSSR count). The minimum atomic E-state index is -0.175. The molecule has 1 aromatic rings. The fraction of sp³-hybridized carbons (Fsp3) is 0.500. The summed E-state index contributed by atoms with van der Waals surface area (Å²) in [5.74, 6) is 0.0465. The zero-order chi connectivity index (χ0) is 12.9. The van der Waals surface area contributed by atoms with Crippen LogP contribution in [0.5, 0.6) is 0 Å². The summed E-state index contributed by atoms with van der Waals surface area (Å²) in [5.41, 5.74) is 1.92. The smallest absolute Gasteiger partial charge is 0.226 e. The number of aryl methyl sites for hydroxylation is 1. The number of hydrogen-bond donors (Lipinski definition) is 2. The Hall–Kier alpha value is -1.35. The summed E-state index contributed by atoms with van der Waals surface area (Å²) in [7, 11) is 1.87. The maximum absolute atomic E-state index is 11.9. The van der Waals surface area contributed by atoms with Crippen molar-refractivity contribution in [3.8, 4) is 0 Å². The number of hydrogen-bond acceptors (Lipinski definition) is 2. The Morgan fingerprint density at radius 3 is 2.53 bits per heavy atom. The Labute approximate surface area is 104 Å². The van der Waals surface area contributed by atoms with E-state index in [-0.39, 0.29) is 11.4 Å². The zero-order valence-corrected chi connectivity index (χ0v) is 11.1. The second-order valence-electron chi connectivity index (χ2n) is 4.87. The van der Waals surface area contributed by atoms with Gasteiger partial charge in [-0.1, -0.05) is 25.1 Å². The fourth-order valence-corrected chi connectivity index (χ4v) is 1.63. The molecular weight excluding hydrogens is 212 g/mol. The number of anilines is 1. The highest BCUT2D eigenvalue weighted by Gasteiger charge is 2.19. The lowest BCUT2D eigenvalue weighted by molar-refractivity contribution is -0.117. The first-order valence-corrected chi connectivity index (χ1v) is 6.05. The molecule has 3 nitrogen and oxygen atoms in total. The third kappa shape index (κ3) is 4.19. The highest BCUT2D eigenvalue weighted by atomic mass is 16.1. The number of nitrogens with one attached hydrogen (secondary N) is 2. The van der Waals surface area contributed by atoms with Crippen LogP contribution >= 0.6 is 0 Å². The fourth-order valence-electron chi connectivity index (χ4n) is 1.63. The zero-order valence-electron chi connectivity index (χ0n) is 11.1. The van der Waals surface area contributed by atoms with Gasteiger partial charge in [0.05, 0.1) is 0 Å². The van der Waals surface area contributed by atoms with Crippen molar-refractivity contribution in [2.45, 2.75) is 39.2 Å². The molecule has 0 saturated carbocycles. The molecule has 0 aliphatic heterocycles. The van der Waals surface area contributed by atoms with Crippen molar-refractivity contribution in [3.05, 3.63) is 29.8 Å². The van der Waals surface area contributed by atoms with Crippen molar-refractivity contribution < 1.29 is 4.79 Å². The van der Waals surface area contributed by atoms with Crippen molar-refractivity contribution >= 4 is 11.6 Å². The Morgan fingerprint density at radius 1 is 1.29 bits per heavy atom. The van der Waals surface area contributed by atoms with Gasteiger partial charge in [-0.2, -0.15) is 0 Å². The second-order valence-corrected chi connectivity index (χ2v) is 4.87. The molecule has 0 heterocycles. The van der Waals surface area contributed by atoms with Gasteiger partial charge in [-0.3, -0.25) is 4.79 Å². The van der Waals surface area contributed by atoms with Crippen LogP contribution in [0, 0.1) is 0 Å². The molecule has 1 amide bonds. The lowest BCUT2D eigenvalue weighted by Crippen LogP contribution is -2.39. The van der Waals surface area contributed by atoms with E-state index in [1.165, 1.54) is 5.56 Å². The molecule has 0 spiro atoms. The number of carbonyl (C=O) groups is 1. The molecule has 3 heteroatoms. The summed E-state index contributed by atoms with van der Waals surface area (Å²) >= 11 is 0. The molecule has 0 aromatic heterocycles. The van der Waals surface area contributed by atoms with Crippen molar-refractivity contribution in [3.63, 3.8) is 0 Å². The van der Waals surface area contributed by atoms with Crippen LogP contribution in [0.3, 0.4) is 0 Å². The van der Waals surface area contributed by atoms with Crippen LogP contribution in [0.25, 0.3) is 0 Å². The summed E-state index contributed by atoms with van der Waals surface area (Å²) in [5, 5.41) is 6.10. The van der Waals surface area contributed by atoms with Crippen molar-refractivity contribution in [2.24, 2.45) is 0 Å². The van der Waals surface area contributed by atoms with E-state index in [0.717, 1.165) is 12.1 Å². The van der Waals surface area contributed by atoms with Crippen LogP contribution in [0.15, 0.2) is 24.3 Å². The largest absolute Gasteiger partial charge is 0.326 e. The van der Waals surface area contributed by atoms with Crippen LogP contribution in [-0.4, -0.2) is 18.5 Å². The van der Waals surface area contributed by atoms with E-state index in [1.807, 2.05) is 45.2 Å². The standard InChI is InChI=1S/C14H22N2O/c1-5-11-8-6-7-9-12(11)16-13(17)10-14(2,3)15-4/h6-9,15H,5,10H2,1-4H3,(H,16,17). The van der Waals surface area contributed by atoms with E-state index in [9.17, 15) is 4.79 Å². The predicted molar refractivity (Wildman–Crippen MR) is 72.2 cm³/mol. The molecule has 0 bridgehead atoms. The summed E-state index contributed by atoms with van der Waals surface area (Å²) in [4.78, 5) is 11.9. The van der Waals surface area contributed by atoms with Gasteiger partial charge in [-0.25, -0.2) is 0 Å². The maximum Gasteiger partial charge on any atom is 0.226 e. The number of benzene rings is 1. The van der Waals surface area contributed by atoms with E-state index >= 15 is 0 Å². The van der Waals surface area contributed by atoms with E-state index in [1.54, 1.807) is 0 Å². The topological polar surface area (TPSA) is 41.1 Å². The molecule has 0 fully saturated rings. The minimum absolute atomic E-state index is 0.0465. The maximum atomic E-state index is 11.9. The first-order chi connectivity index (χ1) is 7.98. The first-order valence-electron chi connectivity index (χ1n) is 6.05. The Balaban J connectivity index is 2.68. The van der Waals surface area contributed by atoms with Crippen molar-refractivity contribution in [2.75, 3.05) is 12.4 Å². The van der Waals surface area contributed by atoms with Gasteiger partial charge in [0.2, 0.25) is 5.91 Å². The van der Waals surface area contributed by atoms with Gasteiger partial charge in [0.15, 0.2) is 0 Å². The van der Waals surface area contributed by atoms with Gasteiger partial charge in [0.25, 0.3) is 0 Å². The lowest BCUT2D eigenvalue weighted by Gasteiger charge is -2.23. The molecule has 0 unspecified atom stereocenters. The normalized spacial score (nSPS) is 11.3. The van der Waals surface area contributed by atoms with E-state index in [0.29, 0.717) is 6.42 Å². The van der Waals surface area contributed by atoms with E-state index < -0.39 is 0 Å². The van der Waals surface area contributed by atoms with Crippen LogP contribution in [0.2, 0.25) is 0 Å². The Kier molecular flexibility index (Phi) is 4.70. The minimum Gasteiger partial charge on any atom is -0.326 e. The number of rotatable bonds is 5. The van der Waals surface area contributed by atoms with Crippen molar-refractivity contribution in [1.82, 2.24) is 5.32 Å². The molecule has 0 aliphatic carbocycles. The van der Waals surface area contributed by atoms with Gasteiger partial charge < -0.3 is 10.6 Å². The van der Waals surface area contributed by atoms with E-state index in [4.69, 9.17) is 0 Å². The number of para-hydroxylation sites is 1. The monoisotopic (exact) mass is 234 g/mol. The number of amides is 1. The molecule has 94 valence electrons. The van der Waals surface area contributed by atoms with Gasteiger partial charge >= 0.3 is 0 Å². The Morgan fingerprint density at radius 2 is 1.94 bits per heavy atom. The van der Waals surface area contributed by atoms with E-state index in [2.05, 4.69) is 17.6 Å². The summed E-state index contributed by atoms with van der Waals surface area (Å²) in [6.07, 6.45) is 1.38. The number of carbonyl (C=O) groups excluding carboxylic acids is 1. The SMILES string of the molecule is CCc1ccccc1NC(=O)CC(C)(C)NC. The average Bonchev–Trinajstić information content (AvgIpc) is 2.29. The molecule has 0 atom stereocenters.